The van der Waals surface area contributed by atoms with E-state index < -0.39 is 28.5 Å². The van der Waals surface area contributed by atoms with Gasteiger partial charge in [-0.3, -0.25) is 4.52 Å². The molecule has 0 radical (unpaired) electrons. The third-order valence-corrected chi connectivity index (χ3v) is 7.60. The second-order valence-electron chi connectivity index (χ2n) is 3.21. The first-order valence-corrected chi connectivity index (χ1v) is 9.54. The van der Waals surface area contributed by atoms with E-state index in [1.54, 1.807) is 0 Å². The molecule has 0 aromatic carbocycles. The molecule has 96 valence electrons. The van der Waals surface area contributed by atoms with Crippen molar-refractivity contribution >= 4 is 22.4 Å². The highest BCUT2D eigenvalue weighted by molar-refractivity contribution is 8.27. The van der Waals surface area contributed by atoms with Gasteiger partial charge in [0.05, 0.1) is 6.10 Å². The van der Waals surface area contributed by atoms with Gasteiger partial charge in [-0.25, -0.2) is 13.7 Å². The maximum atomic E-state index is 11.6. The summed E-state index contributed by atoms with van der Waals surface area (Å²) in [5.41, 5.74) is 0. The lowest BCUT2D eigenvalue weighted by molar-refractivity contribution is 0.105. The summed E-state index contributed by atoms with van der Waals surface area (Å²) in [5.74, 6) is 0. The van der Waals surface area contributed by atoms with Crippen LogP contribution in [0.25, 0.3) is 0 Å². The third kappa shape index (κ3) is 3.74. The van der Waals surface area contributed by atoms with E-state index in [0.717, 1.165) is 6.42 Å². The topological polar surface area (TPSA) is 151 Å². The molecule has 0 amide bonds. The molecule has 1 aliphatic carbocycles. The molecule has 16 heavy (non-hydrogen) atoms. The second-order valence-corrected chi connectivity index (χ2v) is 10.1. The van der Waals surface area contributed by atoms with E-state index in [1.165, 1.54) is 0 Å². The molecule has 0 spiro atoms. The van der Waals surface area contributed by atoms with Gasteiger partial charge in [-0.15, -0.1) is 0 Å². The van der Waals surface area contributed by atoms with Crippen LogP contribution in [-0.4, -0.2) is 25.7 Å². The van der Waals surface area contributed by atoms with Crippen molar-refractivity contribution in [2.75, 3.05) is 0 Å². The normalized spacial score (nSPS) is 22.5. The van der Waals surface area contributed by atoms with Crippen molar-refractivity contribution in [1.29, 1.82) is 0 Å². The molecule has 0 heterocycles. The summed E-state index contributed by atoms with van der Waals surface area (Å²) in [4.78, 5) is 34.3. The fourth-order valence-corrected chi connectivity index (χ4v) is 5.73. The summed E-state index contributed by atoms with van der Waals surface area (Å²) in [6.07, 6.45) is 0.843. The molecular weight excluding hydrogens is 285 g/mol. The van der Waals surface area contributed by atoms with Crippen LogP contribution >= 0.6 is 22.4 Å². The van der Waals surface area contributed by atoms with Crippen LogP contribution in [0.1, 0.15) is 19.3 Å². The van der Waals surface area contributed by atoms with Crippen molar-refractivity contribution in [2.45, 2.75) is 25.4 Å². The van der Waals surface area contributed by atoms with Crippen LogP contribution < -0.4 is 0 Å². The maximum Gasteiger partial charge on any atom is 0.477 e. The molecule has 1 aliphatic rings. The van der Waals surface area contributed by atoms with Gasteiger partial charge in [-0.05, 0) is 19.3 Å². The van der Waals surface area contributed by atoms with Crippen LogP contribution in [0, 0.1) is 0 Å². The van der Waals surface area contributed by atoms with Gasteiger partial charge in [0.25, 0.3) is 0 Å². The van der Waals surface area contributed by atoms with Gasteiger partial charge in [0.2, 0.25) is 0 Å². The van der Waals surface area contributed by atoms with Crippen molar-refractivity contribution in [1.82, 2.24) is 0 Å². The minimum atomic E-state index is -5.40. The molecule has 0 saturated heterocycles. The Morgan fingerprint density at radius 3 is 1.75 bits per heavy atom. The second kappa shape index (κ2) is 4.61. The summed E-state index contributed by atoms with van der Waals surface area (Å²) in [5, 5.41) is 0. The average Bonchev–Trinajstić information content (AvgIpc) is 1.91. The predicted octanol–water partition coefficient (Wildman–Crippen LogP) is 0.951. The van der Waals surface area contributed by atoms with Crippen molar-refractivity contribution in [2.24, 2.45) is 0 Å². The molecule has 9 nitrogen and oxygen atoms in total. The Balaban J connectivity index is 2.88. The van der Waals surface area contributed by atoms with Gasteiger partial charge in [0.15, 0.2) is 0 Å². The highest BCUT2D eigenvalue weighted by Gasteiger charge is 2.52. The van der Waals surface area contributed by atoms with E-state index >= 15 is 0 Å². The molecule has 0 bridgehead atoms. The monoisotopic (exact) mass is 296 g/mol. The maximum absolute atomic E-state index is 11.6. The smallest absolute Gasteiger partial charge is 0.316 e. The van der Waals surface area contributed by atoms with E-state index in [4.69, 9.17) is 19.6 Å². The Kier molecular flexibility index (Phi) is 4.18. The minimum Gasteiger partial charge on any atom is -0.316 e. The lowest BCUT2D eigenvalue weighted by Crippen LogP contribution is -2.20. The third-order valence-electron chi connectivity index (χ3n) is 1.86. The Morgan fingerprint density at radius 2 is 1.50 bits per heavy atom. The first-order valence-electron chi connectivity index (χ1n) is 4.15. The SMILES string of the molecule is O=P(O)(O)OP(=O)(OC1CCC1)P(=O)(O)O. The molecule has 0 aliphatic heterocycles. The fraction of sp³-hybridized carbons (Fsp3) is 1.00. The van der Waals surface area contributed by atoms with Gasteiger partial charge in [0, 0.05) is 0 Å². The summed E-state index contributed by atoms with van der Waals surface area (Å²) in [6.45, 7) is 0. The Labute approximate surface area is 90.6 Å². The van der Waals surface area contributed by atoms with Crippen LogP contribution in [0.2, 0.25) is 0 Å². The lowest BCUT2D eigenvalue weighted by Gasteiger charge is -2.29. The number of rotatable bonds is 5. The largest absolute Gasteiger partial charge is 0.477 e. The van der Waals surface area contributed by atoms with Crippen molar-refractivity contribution < 1.29 is 42.1 Å². The van der Waals surface area contributed by atoms with Gasteiger partial charge in [-0.1, -0.05) is 0 Å². The zero-order valence-corrected chi connectivity index (χ0v) is 10.6. The van der Waals surface area contributed by atoms with E-state index in [2.05, 4.69) is 8.83 Å². The highest BCUT2D eigenvalue weighted by atomic mass is 32.1. The molecule has 1 fully saturated rings. The number of hydrogen-bond acceptors (Lipinski definition) is 5. The fourth-order valence-electron chi connectivity index (χ4n) is 0.927. The molecule has 1 rings (SSSR count). The van der Waals surface area contributed by atoms with Crippen LogP contribution in [0.3, 0.4) is 0 Å². The summed E-state index contributed by atoms with van der Waals surface area (Å²) < 4.78 is 41.0. The van der Waals surface area contributed by atoms with Crippen LogP contribution in [-0.2, 0) is 22.5 Å². The molecule has 4 N–H and O–H groups in total. The van der Waals surface area contributed by atoms with Crippen molar-refractivity contribution in [3.8, 4) is 0 Å². The average molecular weight is 296 g/mol. The summed E-state index contributed by atoms with van der Waals surface area (Å²) >= 11 is 0. The molecular formula is C4H11O9P3. The zero-order chi connectivity index (χ0) is 12.6. The first-order chi connectivity index (χ1) is 7.04. The Morgan fingerprint density at radius 1 is 1.00 bits per heavy atom. The van der Waals surface area contributed by atoms with E-state index in [9.17, 15) is 13.7 Å². The van der Waals surface area contributed by atoms with E-state index in [1.807, 2.05) is 0 Å². The van der Waals surface area contributed by atoms with Crippen molar-refractivity contribution in [3.63, 3.8) is 0 Å². The molecule has 1 unspecified atom stereocenters. The van der Waals surface area contributed by atoms with Gasteiger partial charge in [-0.2, -0.15) is 4.31 Å². The number of hydrogen-bond donors (Lipinski definition) is 4. The Hall–Kier alpha value is 0.450. The quantitative estimate of drug-likeness (QED) is 0.543. The molecule has 1 saturated carbocycles. The summed E-state index contributed by atoms with van der Waals surface area (Å²) in [6, 6.07) is 0. The standard InChI is InChI=1S/C4H11O9P3/c5-14(6,7)13-16(11,15(8,9)10)12-4-2-1-3-4/h4H,1-3H2,(H2,5,6,7)(H2,8,9,10). The first kappa shape index (κ1) is 14.5. The molecule has 0 aromatic rings. The molecule has 12 heteroatoms. The highest BCUT2D eigenvalue weighted by Crippen LogP contribution is 2.83. The van der Waals surface area contributed by atoms with Gasteiger partial charge in [0.1, 0.15) is 0 Å². The number of phosphoric acid groups is 1. The van der Waals surface area contributed by atoms with Crippen molar-refractivity contribution in [3.05, 3.63) is 0 Å². The molecule has 1 atom stereocenters. The zero-order valence-electron chi connectivity index (χ0n) is 7.87. The summed E-state index contributed by atoms with van der Waals surface area (Å²) in [7, 11) is -15.8. The van der Waals surface area contributed by atoms with Crippen LogP contribution in [0.4, 0.5) is 0 Å². The van der Waals surface area contributed by atoms with Gasteiger partial charge < -0.3 is 19.6 Å². The predicted molar refractivity (Wildman–Crippen MR) is 51.5 cm³/mol. The van der Waals surface area contributed by atoms with E-state index in [-0.39, 0.29) is 0 Å². The van der Waals surface area contributed by atoms with E-state index in [0.29, 0.717) is 12.8 Å². The minimum absolute atomic E-state index is 0.411. The van der Waals surface area contributed by atoms with Gasteiger partial charge >= 0.3 is 22.4 Å². The lowest BCUT2D eigenvalue weighted by atomic mass is 9.97. The van der Waals surface area contributed by atoms with Crippen LogP contribution in [0.15, 0.2) is 0 Å². The Bertz CT molecular complexity index is 388. The van der Waals surface area contributed by atoms with Crippen LogP contribution in [0.5, 0.6) is 0 Å². The molecule has 0 aromatic heterocycles.